The second kappa shape index (κ2) is 6.64. The van der Waals surface area contributed by atoms with Gasteiger partial charge < -0.3 is 5.32 Å². The second-order valence-corrected chi connectivity index (χ2v) is 6.04. The Morgan fingerprint density at radius 2 is 1.25 bits per heavy atom. The lowest BCUT2D eigenvalue weighted by Gasteiger charge is -2.28. The number of nitrogens with one attached hydrogen (secondary N) is 1. The third-order valence-electron chi connectivity index (χ3n) is 4.71. The van der Waals surface area contributed by atoms with E-state index in [4.69, 9.17) is 0 Å². The van der Waals surface area contributed by atoms with Gasteiger partial charge in [-0.25, -0.2) is 0 Å². The normalized spacial score (nSPS) is 27.6. The molecule has 1 atom stereocenters. The van der Waals surface area contributed by atoms with Crippen molar-refractivity contribution >= 4 is 0 Å². The molecule has 1 unspecified atom stereocenters. The first-order valence-corrected chi connectivity index (χ1v) is 7.62. The summed E-state index contributed by atoms with van der Waals surface area (Å²) >= 11 is 0. The van der Waals surface area contributed by atoms with Crippen molar-refractivity contribution in [1.82, 2.24) is 5.32 Å². The highest BCUT2D eigenvalue weighted by Gasteiger charge is 2.23. The van der Waals surface area contributed by atoms with Crippen LogP contribution in [-0.4, -0.2) is 12.1 Å². The Bertz CT molecular complexity index is 176. The van der Waals surface area contributed by atoms with E-state index in [0.717, 1.165) is 18.0 Å². The molecule has 0 aromatic rings. The predicted octanol–water partition coefficient (Wildman–Crippen LogP) is 4.27. The molecule has 0 radical (unpaired) electrons. The quantitative estimate of drug-likeness (QED) is 0.753. The summed E-state index contributed by atoms with van der Waals surface area (Å²) in [6.45, 7) is 2.43. The Morgan fingerprint density at radius 3 is 1.88 bits per heavy atom. The van der Waals surface area contributed by atoms with Crippen LogP contribution in [0, 0.1) is 5.92 Å². The van der Waals surface area contributed by atoms with Gasteiger partial charge in [0.2, 0.25) is 0 Å². The SMILES string of the molecule is CC(NC1CCCCCCC1)C1CCCC1. The zero-order chi connectivity index (χ0) is 11.2. The van der Waals surface area contributed by atoms with Crippen LogP contribution in [0.5, 0.6) is 0 Å². The van der Waals surface area contributed by atoms with Crippen molar-refractivity contribution in [2.75, 3.05) is 0 Å². The van der Waals surface area contributed by atoms with Crippen LogP contribution in [0.1, 0.15) is 77.6 Å². The Labute approximate surface area is 101 Å². The highest BCUT2D eigenvalue weighted by atomic mass is 14.9. The maximum Gasteiger partial charge on any atom is 0.00696 e. The zero-order valence-electron chi connectivity index (χ0n) is 11.0. The number of hydrogen-bond donors (Lipinski definition) is 1. The van der Waals surface area contributed by atoms with Crippen LogP contribution in [0.4, 0.5) is 0 Å². The van der Waals surface area contributed by atoms with E-state index < -0.39 is 0 Å². The van der Waals surface area contributed by atoms with Crippen LogP contribution in [-0.2, 0) is 0 Å². The Hall–Kier alpha value is -0.0400. The first-order valence-electron chi connectivity index (χ1n) is 7.62. The molecule has 2 aliphatic rings. The monoisotopic (exact) mass is 223 g/mol. The minimum absolute atomic E-state index is 0.770. The van der Waals surface area contributed by atoms with E-state index in [1.165, 1.54) is 70.6 Å². The van der Waals surface area contributed by atoms with E-state index in [1.807, 2.05) is 0 Å². The molecule has 0 aromatic carbocycles. The lowest BCUT2D eigenvalue weighted by molar-refractivity contribution is 0.303. The molecular weight excluding hydrogens is 194 g/mol. The van der Waals surface area contributed by atoms with Gasteiger partial charge in [-0.15, -0.1) is 0 Å². The van der Waals surface area contributed by atoms with Crippen molar-refractivity contribution in [3.05, 3.63) is 0 Å². The Morgan fingerprint density at radius 1 is 0.750 bits per heavy atom. The summed E-state index contributed by atoms with van der Waals surface area (Å²) in [5.41, 5.74) is 0. The van der Waals surface area contributed by atoms with Gasteiger partial charge in [-0.1, -0.05) is 44.9 Å². The number of hydrogen-bond acceptors (Lipinski definition) is 1. The van der Waals surface area contributed by atoms with Crippen molar-refractivity contribution in [2.24, 2.45) is 5.92 Å². The first kappa shape index (κ1) is 12.4. The first-order chi connectivity index (χ1) is 7.86. The summed E-state index contributed by atoms with van der Waals surface area (Å²) in [7, 11) is 0. The second-order valence-electron chi connectivity index (χ2n) is 6.04. The van der Waals surface area contributed by atoms with Crippen LogP contribution in [0.25, 0.3) is 0 Å². The fraction of sp³-hybridized carbons (Fsp3) is 1.00. The molecule has 0 aromatic heterocycles. The van der Waals surface area contributed by atoms with Crippen LogP contribution < -0.4 is 5.32 Å². The number of rotatable bonds is 3. The summed E-state index contributed by atoms with van der Waals surface area (Å²) in [4.78, 5) is 0. The van der Waals surface area contributed by atoms with E-state index in [2.05, 4.69) is 12.2 Å². The van der Waals surface area contributed by atoms with E-state index in [9.17, 15) is 0 Å². The summed E-state index contributed by atoms with van der Waals surface area (Å²) in [6.07, 6.45) is 16.1. The molecule has 1 N–H and O–H groups in total. The standard InChI is InChI=1S/C15H29N/c1-13(14-9-7-8-10-14)16-15-11-5-3-2-4-6-12-15/h13-16H,2-12H2,1H3. The molecule has 2 fully saturated rings. The van der Waals surface area contributed by atoms with Crippen molar-refractivity contribution in [1.29, 1.82) is 0 Å². The van der Waals surface area contributed by atoms with Gasteiger partial charge >= 0.3 is 0 Å². The minimum Gasteiger partial charge on any atom is -0.311 e. The molecule has 94 valence electrons. The molecule has 1 nitrogen and oxygen atoms in total. The molecule has 1 heteroatoms. The lowest BCUT2D eigenvalue weighted by Crippen LogP contribution is -2.40. The third-order valence-corrected chi connectivity index (χ3v) is 4.71. The molecule has 16 heavy (non-hydrogen) atoms. The minimum atomic E-state index is 0.770. The fourth-order valence-electron chi connectivity index (χ4n) is 3.59. The van der Waals surface area contributed by atoms with Crippen molar-refractivity contribution in [3.8, 4) is 0 Å². The van der Waals surface area contributed by atoms with E-state index in [0.29, 0.717) is 0 Å². The average Bonchev–Trinajstić information content (AvgIpc) is 2.74. The molecule has 0 amide bonds. The zero-order valence-corrected chi connectivity index (χ0v) is 11.0. The van der Waals surface area contributed by atoms with E-state index in [-0.39, 0.29) is 0 Å². The van der Waals surface area contributed by atoms with Crippen LogP contribution >= 0.6 is 0 Å². The Kier molecular flexibility index (Phi) is 5.15. The average molecular weight is 223 g/mol. The van der Waals surface area contributed by atoms with Gasteiger partial charge in [-0.2, -0.15) is 0 Å². The molecule has 0 heterocycles. The van der Waals surface area contributed by atoms with Crippen molar-refractivity contribution in [2.45, 2.75) is 89.6 Å². The van der Waals surface area contributed by atoms with E-state index in [1.54, 1.807) is 0 Å². The largest absolute Gasteiger partial charge is 0.311 e. The molecule has 0 aliphatic heterocycles. The van der Waals surface area contributed by atoms with Gasteiger partial charge in [0.05, 0.1) is 0 Å². The lowest BCUT2D eigenvalue weighted by atomic mass is 9.93. The van der Waals surface area contributed by atoms with Crippen molar-refractivity contribution in [3.63, 3.8) is 0 Å². The van der Waals surface area contributed by atoms with Gasteiger partial charge in [0.15, 0.2) is 0 Å². The van der Waals surface area contributed by atoms with E-state index >= 15 is 0 Å². The van der Waals surface area contributed by atoms with Gasteiger partial charge in [0.25, 0.3) is 0 Å². The smallest absolute Gasteiger partial charge is 0.00696 e. The summed E-state index contributed by atoms with van der Waals surface area (Å²) in [6, 6.07) is 1.60. The molecule has 0 saturated heterocycles. The molecular formula is C15H29N. The predicted molar refractivity (Wildman–Crippen MR) is 70.7 cm³/mol. The van der Waals surface area contributed by atoms with Crippen LogP contribution in [0.3, 0.4) is 0 Å². The van der Waals surface area contributed by atoms with Crippen LogP contribution in [0.2, 0.25) is 0 Å². The van der Waals surface area contributed by atoms with Crippen molar-refractivity contribution < 1.29 is 0 Å². The molecule has 2 aliphatic carbocycles. The summed E-state index contributed by atoms with van der Waals surface area (Å²) in [5.74, 6) is 0.977. The topological polar surface area (TPSA) is 12.0 Å². The third kappa shape index (κ3) is 3.76. The molecule has 0 spiro atoms. The van der Waals surface area contributed by atoms with Gasteiger partial charge in [0.1, 0.15) is 0 Å². The highest BCUT2D eigenvalue weighted by molar-refractivity contribution is 4.81. The van der Waals surface area contributed by atoms with Crippen LogP contribution in [0.15, 0.2) is 0 Å². The summed E-state index contributed by atoms with van der Waals surface area (Å²) < 4.78 is 0. The van der Waals surface area contributed by atoms with Gasteiger partial charge in [0, 0.05) is 12.1 Å². The molecule has 2 rings (SSSR count). The molecule has 0 bridgehead atoms. The molecule has 2 saturated carbocycles. The maximum atomic E-state index is 3.93. The maximum absolute atomic E-state index is 3.93. The fourth-order valence-corrected chi connectivity index (χ4v) is 3.59. The van der Waals surface area contributed by atoms with Gasteiger partial charge in [-0.3, -0.25) is 0 Å². The van der Waals surface area contributed by atoms with Gasteiger partial charge in [-0.05, 0) is 38.5 Å². The highest BCUT2D eigenvalue weighted by Crippen LogP contribution is 2.28. The summed E-state index contributed by atoms with van der Waals surface area (Å²) in [5, 5.41) is 3.93. The Balaban J connectivity index is 1.73.